The second-order valence-corrected chi connectivity index (χ2v) is 8.13. The number of halogens is 4. The van der Waals surface area contributed by atoms with Crippen molar-refractivity contribution < 1.29 is 22.7 Å². The number of alkyl halides is 3. The highest BCUT2D eigenvalue weighted by Gasteiger charge is 2.37. The Morgan fingerprint density at radius 1 is 1.13 bits per heavy atom. The number of hydrogen-bond donors (Lipinski definition) is 1. The van der Waals surface area contributed by atoms with Crippen LogP contribution in [0.25, 0.3) is 0 Å². The number of urea groups is 1. The van der Waals surface area contributed by atoms with Crippen molar-refractivity contribution in [1.82, 2.24) is 15.1 Å². The molecule has 2 aromatic carbocycles. The summed E-state index contributed by atoms with van der Waals surface area (Å²) in [7, 11) is 0. The number of nitrogens with zero attached hydrogens (tertiary/aromatic N) is 2. The molecule has 0 saturated carbocycles. The second-order valence-electron chi connectivity index (χ2n) is 7.69. The van der Waals surface area contributed by atoms with Gasteiger partial charge in [0.25, 0.3) is 0 Å². The molecular weight excluding hydrogens is 431 g/mol. The minimum atomic E-state index is -4.43. The summed E-state index contributed by atoms with van der Waals surface area (Å²) in [6.07, 6.45) is -4.43. The maximum Gasteiger partial charge on any atom is 0.416 e. The molecule has 5 nitrogen and oxygen atoms in total. The van der Waals surface area contributed by atoms with E-state index < -0.39 is 17.8 Å². The van der Waals surface area contributed by atoms with Crippen LogP contribution in [0.15, 0.2) is 48.5 Å². The fourth-order valence-electron chi connectivity index (χ4n) is 4.16. The van der Waals surface area contributed by atoms with E-state index >= 15 is 0 Å². The number of amides is 2. The smallest absolute Gasteiger partial charge is 0.379 e. The predicted octanol–water partition coefficient (Wildman–Crippen LogP) is 4.50. The van der Waals surface area contributed by atoms with Crippen LogP contribution in [0.4, 0.5) is 18.0 Å². The number of carbonyl (C=O) groups is 1. The van der Waals surface area contributed by atoms with Crippen LogP contribution in [-0.4, -0.2) is 55.2 Å². The van der Waals surface area contributed by atoms with Gasteiger partial charge in [0.15, 0.2) is 0 Å². The van der Waals surface area contributed by atoms with E-state index in [2.05, 4.69) is 10.2 Å². The van der Waals surface area contributed by atoms with Gasteiger partial charge in [0.2, 0.25) is 0 Å². The lowest BCUT2D eigenvalue weighted by Crippen LogP contribution is -2.45. The highest BCUT2D eigenvalue weighted by atomic mass is 35.5. The fraction of sp³-hybridized carbons (Fsp3) is 0.409. The SMILES string of the molecule is O=C1NC[C@H](c2cccc(C(F)(F)F)c2)N1CC(c1ccc(Cl)cc1)N1CCOCC1. The number of carbonyl (C=O) groups excluding carboxylic acids is 1. The first-order valence-corrected chi connectivity index (χ1v) is 10.5. The first kappa shape index (κ1) is 21.9. The van der Waals surface area contributed by atoms with Gasteiger partial charge in [0.05, 0.1) is 30.9 Å². The molecule has 2 amide bonds. The lowest BCUT2D eigenvalue weighted by atomic mass is 10.0. The van der Waals surface area contributed by atoms with Crippen molar-refractivity contribution in [2.45, 2.75) is 18.3 Å². The summed E-state index contributed by atoms with van der Waals surface area (Å²) < 4.78 is 45.1. The number of nitrogens with one attached hydrogen (secondary N) is 1. The standard InChI is InChI=1S/C22H23ClF3N3O2/c23-18-6-4-15(5-7-18)20(28-8-10-31-11-9-28)14-29-19(13-27-21(29)30)16-2-1-3-17(12-16)22(24,25)26/h1-7,12,19-20H,8-11,13-14H2,(H,27,30)/t19-,20?/m1/s1. The summed E-state index contributed by atoms with van der Waals surface area (Å²) in [4.78, 5) is 16.5. The van der Waals surface area contributed by atoms with Gasteiger partial charge >= 0.3 is 12.2 Å². The molecule has 1 N–H and O–H groups in total. The van der Waals surface area contributed by atoms with Gasteiger partial charge < -0.3 is 15.0 Å². The molecule has 31 heavy (non-hydrogen) atoms. The lowest BCUT2D eigenvalue weighted by Gasteiger charge is -2.38. The molecule has 9 heteroatoms. The predicted molar refractivity (Wildman–Crippen MR) is 111 cm³/mol. The van der Waals surface area contributed by atoms with Crippen LogP contribution in [0, 0.1) is 0 Å². The normalized spacial score (nSPS) is 21.2. The van der Waals surface area contributed by atoms with Gasteiger partial charge in [0.1, 0.15) is 0 Å². The Morgan fingerprint density at radius 2 is 1.84 bits per heavy atom. The zero-order valence-corrected chi connectivity index (χ0v) is 17.5. The maximum atomic E-state index is 13.2. The average molecular weight is 454 g/mol. The van der Waals surface area contributed by atoms with Crippen LogP contribution >= 0.6 is 11.6 Å². The molecule has 2 aliphatic rings. The molecular formula is C22H23ClF3N3O2. The van der Waals surface area contributed by atoms with E-state index in [0.29, 0.717) is 43.4 Å². The van der Waals surface area contributed by atoms with Gasteiger partial charge in [-0.15, -0.1) is 0 Å². The van der Waals surface area contributed by atoms with Crippen molar-refractivity contribution >= 4 is 17.6 Å². The molecule has 1 unspecified atom stereocenters. The maximum absolute atomic E-state index is 13.2. The Balaban J connectivity index is 1.63. The highest BCUT2D eigenvalue weighted by molar-refractivity contribution is 6.30. The molecule has 2 atom stereocenters. The van der Waals surface area contributed by atoms with Crippen LogP contribution in [0.1, 0.15) is 28.8 Å². The molecule has 0 aromatic heterocycles. The lowest BCUT2D eigenvalue weighted by molar-refractivity contribution is -0.137. The largest absolute Gasteiger partial charge is 0.416 e. The third kappa shape index (κ3) is 4.97. The van der Waals surface area contributed by atoms with Gasteiger partial charge in [-0.2, -0.15) is 13.2 Å². The fourth-order valence-corrected chi connectivity index (χ4v) is 4.29. The molecule has 2 aromatic rings. The Morgan fingerprint density at radius 3 is 2.52 bits per heavy atom. The van der Waals surface area contributed by atoms with E-state index in [0.717, 1.165) is 17.7 Å². The summed E-state index contributed by atoms with van der Waals surface area (Å²) in [5, 5.41) is 3.40. The van der Waals surface area contributed by atoms with Crippen LogP contribution in [-0.2, 0) is 10.9 Å². The van der Waals surface area contributed by atoms with E-state index in [1.54, 1.807) is 23.1 Å². The monoisotopic (exact) mass is 453 g/mol. The highest BCUT2D eigenvalue weighted by Crippen LogP contribution is 2.34. The molecule has 2 heterocycles. The average Bonchev–Trinajstić information content (AvgIpc) is 3.13. The third-order valence-electron chi connectivity index (χ3n) is 5.79. The summed E-state index contributed by atoms with van der Waals surface area (Å²) in [5.41, 5.74) is 0.741. The molecule has 2 aliphatic heterocycles. The van der Waals surface area contributed by atoms with Crippen molar-refractivity contribution in [2.24, 2.45) is 0 Å². The molecule has 2 saturated heterocycles. The summed E-state index contributed by atoms with van der Waals surface area (Å²) in [6, 6.07) is 11.8. The number of ether oxygens (including phenoxy) is 1. The van der Waals surface area contributed by atoms with Crippen molar-refractivity contribution in [2.75, 3.05) is 39.4 Å². The van der Waals surface area contributed by atoms with E-state index in [1.165, 1.54) is 6.07 Å². The first-order chi connectivity index (χ1) is 14.8. The molecule has 2 fully saturated rings. The molecule has 0 bridgehead atoms. The Bertz CT molecular complexity index is 917. The zero-order chi connectivity index (χ0) is 22.0. The Labute approximate surface area is 183 Å². The molecule has 0 radical (unpaired) electrons. The Hall–Kier alpha value is -2.29. The zero-order valence-electron chi connectivity index (χ0n) is 16.7. The quantitative estimate of drug-likeness (QED) is 0.725. The van der Waals surface area contributed by atoms with Gasteiger partial charge in [-0.05, 0) is 35.4 Å². The molecule has 4 rings (SSSR count). The Kier molecular flexibility index (Phi) is 6.41. The number of morpholine rings is 1. The molecule has 166 valence electrons. The van der Waals surface area contributed by atoms with Crippen molar-refractivity contribution in [3.63, 3.8) is 0 Å². The van der Waals surface area contributed by atoms with Crippen LogP contribution in [0.3, 0.4) is 0 Å². The van der Waals surface area contributed by atoms with Gasteiger partial charge in [-0.3, -0.25) is 4.90 Å². The second kappa shape index (κ2) is 9.06. The number of rotatable bonds is 5. The topological polar surface area (TPSA) is 44.8 Å². The molecule has 0 aliphatic carbocycles. The summed E-state index contributed by atoms with van der Waals surface area (Å²) >= 11 is 6.05. The van der Waals surface area contributed by atoms with Crippen molar-refractivity contribution in [3.8, 4) is 0 Å². The number of benzene rings is 2. The van der Waals surface area contributed by atoms with E-state index in [1.807, 2.05) is 12.1 Å². The van der Waals surface area contributed by atoms with Crippen LogP contribution in [0.2, 0.25) is 5.02 Å². The van der Waals surface area contributed by atoms with Crippen molar-refractivity contribution in [1.29, 1.82) is 0 Å². The van der Waals surface area contributed by atoms with Crippen LogP contribution < -0.4 is 5.32 Å². The van der Waals surface area contributed by atoms with Gasteiger partial charge in [-0.25, -0.2) is 4.79 Å². The van der Waals surface area contributed by atoms with Gasteiger partial charge in [0, 0.05) is 31.2 Å². The van der Waals surface area contributed by atoms with Gasteiger partial charge in [-0.1, -0.05) is 35.9 Å². The van der Waals surface area contributed by atoms with Crippen molar-refractivity contribution in [3.05, 3.63) is 70.2 Å². The molecule has 0 spiro atoms. The third-order valence-corrected chi connectivity index (χ3v) is 6.05. The minimum Gasteiger partial charge on any atom is -0.379 e. The van der Waals surface area contributed by atoms with E-state index in [-0.39, 0.29) is 18.6 Å². The van der Waals surface area contributed by atoms with E-state index in [9.17, 15) is 18.0 Å². The minimum absolute atomic E-state index is 0.127. The number of hydrogen-bond acceptors (Lipinski definition) is 3. The summed E-state index contributed by atoms with van der Waals surface area (Å²) in [6.45, 7) is 3.19. The van der Waals surface area contributed by atoms with E-state index in [4.69, 9.17) is 16.3 Å². The summed E-state index contributed by atoms with van der Waals surface area (Å²) in [5.74, 6) is 0. The van der Waals surface area contributed by atoms with Crippen LogP contribution in [0.5, 0.6) is 0 Å². The first-order valence-electron chi connectivity index (χ1n) is 10.1.